The standard InChI is InChI=1S/C19H16F3N5OS/c1-2-10-27-17(13-6-5-9-23-11-13)25-26-18(27)29-12-16(28)24-15-8-4-3-7-14(15)19(20,21)22/h2-9,11H,1,10,12H2,(H,24,28). The fourth-order valence-electron chi connectivity index (χ4n) is 2.55. The number of para-hydroxylation sites is 1. The van der Waals surface area contributed by atoms with Gasteiger partial charge >= 0.3 is 6.18 Å². The highest BCUT2D eigenvalue weighted by atomic mass is 32.2. The number of pyridine rings is 1. The molecule has 0 aliphatic carbocycles. The molecule has 1 N–H and O–H groups in total. The summed E-state index contributed by atoms with van der Waals surface area (Å²) in [5.41, 5.74) is -0.432. The van der Waals surface area contributed by atoms with Crippen LogP contribution in [0.5, 0.6) is 0 Å². The zero-order valence-corrected chi connectivity index (χ0v) is 15.9. The van der Waals surface area contributed by atoms with Gasteiger partial charge in [0.25, 0.3) is 0 Å². The molecule has 0 saturated heterocycles. The third-order valence-electron chi connectivity index (χ3n) is 3.79. The lowest BCUT2D eigenvalue weighted by Gasteiger charge is -2.13. The number of nitrogens with one attached hydrogen (secondary N) is 1. The maximum absolute atomic E-state index is 13.1. The van der Waals surface area contributed by atoms with Gasteiger partial charge in [0.15, 0.2) is 11.0 Å². The predicted octanol–water partition coefficient (Wildman–Crippen LogP) is 4.28. The number of amides is 1. The average Bonchev–Trinajstić information content (AvgIpc) is 3.10. The Morgan fingerprint density at radius 1 is 1.21 bits per heavy atom. The third-order valence-corrected chi connectivity index (χ3v) is 4.75. The first-order valence-corrected chi connectivity index (χ1v) is 9.42. The molecule has 6 nitrogen and oxygen atoms in total. The van der Waals surface area contributed by atoms with Gasteiger partial charge in [0.05, 0.1) is 17.0 Å². The molecule has 3 aromatic rings. The van der Waals surface area contributed by atoms with Crippen LogP contribution in [-0.2, 0) is 17.5 Å². The Bertz CT molecular complexity index is 1000. The first-order valence-electron chi connectivity index (χ1n) is 8.43. The van der Waals surface area contributed by atoms with Crippen LogP contribution in [0.15, 0.2) is 66.6 Å². The topological polar surface area (TPSA) is 72.7 Å². The molecule has 29 heavy (non-hydrogen) atoms. The van der Waals surface area contributed by atoms with E-state index in [1.807, 2.05) is 6.07 Å². The molecule has 3 rings (SSSR count). The summed E-state index contributed by atoms with van der Waals surface area (Å²) in [5.74, 6) is -0.153. The van der Waals surface area contributed by atoms with Crippen LogP contribution in [0.2, 0.25) is 0 Å². The van der Waals surface area contributed by atoms with E-state index in [4.69, 9.17) is 0 Å². The molecule has 0 atom stereocenters. The molecule has 2 heterocycles. The van der Waals surface area contributed by atoms with E-state index >= 15 is 0 Å². The van der Waals surface area contributed by atoms with Crippen LogP contribution in [0.25, 0.3) is 11.4 Å². The van der Waals surface area contributed by atoms with Gasteiger partial charge in [0.2, 0.25) is 5.91 Å². The van der Waals surface area contributed by atoms with Crippen molar-refractivity contribution in [1.29, 1.82) is 0 Å². The van der Waals surface area contributed by atoms with Crippen molar-refractivity contribution in [2.75, 3.05) is 11.1 Å². The maximum atomic E-state index is 13.1. The van der Waals surface area contributed by atoms with Crippen molar-refractivity contribution in [3.8, 4) is 11.4 Å². The van der Waals surface area contributed by atoms with Crippen LogP contribution >= 0.6 is 11.8 Å². The molecule has 0 saturated carbocycles. The number of hydrogen-bond donors (Lipinski definition) is 1. The summed E-state index contributed by atoms with van der Waals surface area (Å²) < 4.78 is 40.9. The van der Waals surface area contributed by atoms with Gasteiger partial charge in [-0.2, -0.15) is 13.2 Å². The summed E-state index contributed by atoms with van der Waals surface area (Å²) in [6, 6.07) is 8.42. The average molecular weight is 419 g/mol. The van der Waals surface area contributed by atoms with E-state index in [0.29, 0.717) is 17.5 Å². The van der Waals surface area contributed by atoms with Crippen LogP contribution in [0.1, 0.15) is 5.56 Å². The predicted molar refractivity (Wildman–Crippen MR) is 104 cm³/mol. The number of benzene rings is 1. The highest BCUT2D eigenvalue weighted by Crippen LogP contribution is 2.34. The molecule has 0 unspecified atom stereocenters. The number of halogens is 3. The maximum Gasteiger partial charge on any atom is 0.418 e. The Morgan fingerprint density at radius 3 is 2.69 bits per heavy atom. The normalized spacial score (nSPS) is 11.3. The number of nitrogens with zero attached hydrogens (tertiary/aromatic N) is 4. The van der Waals surface area contributed by atoms with E-state index in [-0.39, 0.29) is 11.4 Å². The molecular weight excluding hydrogens is 403 g/mol. The Balaban J connectivity index is 1.73. The van der Waals surface area contributed by atoms with Crippen LogP contribution in [0, 0.1) is 0 Å². The zero-order chi connectivity index (χ0) is 20.9. The van der Waals surface area contributed by atoms with Crippen LogP contribution in [-0.4, -0.2) is 31.4 Å². The second-order valence-corrected chi connectivity index (χ2v) is 6.77. The molecule has 0 bridgehead atoms. The quantitative estimate of drug-likeness (QED) is 0.457. The first-order chi connectivity index (χ1) is 13.9. The van der Waals surface area contributed by atoms with E-state index in [1.54, 1.807) is 29.1 Å². The molecular formula is C19H16F3N5OS. The fourth-order valence-corrected chi connectivity index (χ4v) is 3.30. The number of aromatic nitrogens is 4. The molecule has 0 radical (unpaired) electrons. The third kappa shape index (κ3) is 5.02. The monoisotopic (exact) mass is 419 g/mol. The Morgan fingerprint density at radius 2 is 2.00 bits per heavy atom. The van der Waals surface area contributed by atoms with Gasteiger partial charge < -0.3 is 5.32 Å². The molecule has 1 amide bonds. The summed E-state index contributed by atoms with van der Waals surface area (Å²) in [7, 11) is 0. The molecule has 1 aromatic carbocycles. The summed E-state index contributed by atoms with van der Waals surface area (Å²) >= 11 is 1.07. The number of thioether (sulfide) groups is 1. The zero-order valence-electron chi connectivity index (χ0n) is 15.1. The van der Waals surface area contributed by atoms with Crippen molar-refractivity contribution in [1.82, 2.24) is 19.7 Å². The summed E-state index contributed by atoms with van der Waals surface area (Å²) in [6.07, 6.45) is 0.377. The van der Waals surface area contributed by atoms with Gasteiger partial charge in [-0.25, -0.2) is 0 Å². The molecule has 0 fully saturated rings. The number of alkyl halides is 3. The van der Waals surface area contributed by atoms with E-state index in [2.05, 4.69) is 27.1 Å². The van der Waals surface area contributed by atoms with Crippen molar-refractivity contribution in [2.45, 2.75) is 17.9 Å². The molecule has 0 spiro atoms. The smallest absolute Gasteiger partial charge is 0.325 e. The highest BCUT2D eigenvalue weighted by molar-refractivity contribution is 7.99. The largest absolute Gasteiger partial charge is 0.418 e. The van der Waals surface area contributed by atoms with Gasteiger partial charge in [-0.3, -0.25) is 14.3 Å². The molecule has 2 aromatic heterocycles. The van der Waals surface area contributed by atoms with Crippen molar-refractivity contribution in [3.63, 3.8) is 0 Å². The summed E-state index contributed by atoms with van der Waals surface area (Å²) in [4.78, 5) is 16.3. The number of anilines is 1. The molecule has 10 heteroatoms. The lowest BCUT2D eigenvalue weighted by atomic mass is 10.1. The second-order valence-electron chi connectivity index (χ2n) is 5.83. The van der Waals surface area contributed by atoms with E-state index in [1.165, 1.54) is 18.2 Å². The Hall–Kier alpha value is -3.14. The SMILES string of the molecule is C=CCn1c(SCC(=O)Nc2ccccc2C(F)(F)F)nnc1-c1cccnc1. The van der Waals surface area contributed by atoms with E-state index in [0.717, 1.165) is 23.4 Å². The van der Waals surface area contributed by atoms with Crippen molar-refractivity contribution >= 4 is 23.4 Å². The minimum Gasteiger partial charge on any atom is -0.325 e. The van der Waals surface area contributed by atoms with E-state index in [9.17, 15) is 18.0 Å². The number of allylic oxidation sites excluding steroid dienone is 1. The fraction of sp³-hybridized carbons (Fsp3) is 0.158. The van der Waals surface area contributed by atoms with E-state index < -0.39 is 17.6 Å². The van der Waals surface area contributed by atoms with Gasteiger partial charge in [0.1, 0.15) is 0 Å². The lowest BCUT2D eigenvalue weighted by Crippen LogP contribution is -2.18. The number of rotatable bonds is 7. The van der Waals surface area contributed by atoms with Gasteiger partial charge in [-0.05, 0) is 24.3 Å². The minimum absolute atomic E-state index is 0.130. The van der Waals surface area contributed by atoms with Gasteiger partial charge in [-0.1, -0.05) is 30.0 Å². The van der Waals surface area contributed by atoms with Gasteiger partial charge in [0, 0.05) is 24.5 Å². The first kappa shape index (κ1) is 20.6. The molecule has 0 aliphatic heterocycles. The van der Waals surface area contributed by atoms with Gasteiger partial charge in [-0.15, -0.1) is 16.8 Å². The van der Waals surface area contributed by atoms with Crippen LogP contribution in [0.4, 0.5) is 18.9 Å². The number of hydrogen-bond acceptors (Lipinski definition) is 5. The van der Waals surface area contributed by atoms with Crippen LogP contribution in [0.3, 0.4) is 0 Å². The van der Waals surface area contributed by atoms with Crippen LogP contribution < -0.4 is 5.32 Å². The summed E-state index contributed by atoms with van der Waals surface area (Å²) in [6.45, 7) is 4.11. The summed E-state index contributed by atoms with van der Waals surface area (Å²) in [5, 5.41) is 11.0. The highest BCUT2D eigenvalue weighted by Gasteiger charge is 2.33. The number of carbonyl (C=O) groups excluding carboxylic acids is 1. The number of carbonyl (C=O) groups is 1. The minimum atomic E-state index is -4.56. The Kier molecular flexibility index (Phi) is 6.32. The molecule has 0 aliphatic rings. The Labute approximate surface area is 168 Å². The lowest BCUT2D eigenvalue weighted by molar-refractivity contribution is -0.137. The molecule has 150 valence electrons. The van der Waals surface area contributed by atoms with Crippen molar-refractivity contribution in [2.24, 2.45) is 0 Å². The van der Waals surface area contributed by atoms with Crippen molar-refractivity contribution < 1.29 is 18.0 Å². The van der Waals surface area contributed by atoms with Crippen molar-refractivity contribution in [3.05, 3.63) is 67.0 Å². The second kappa shape index (κ2) is 8.91.